The summed E-state index contributed by atoms with van der Waals surface area (Å²) in [5.41, 5.74) is 5.17. The highest BCUT2D eigenvalue weighted by Crippen LogP contribution is 2.35. The Morgan fingerprint density at radius 2 is 1.94 bits per heavy atom. The van der Waals surface area contributed by atoms with E-state index in [4.69, 9.17) is 17.3 Å². The monoisotopic (exact) mass is 303 g/mol. The van der Waals surface area contributed by atoms with Crippen LogP contribution in [0.4, 0.5) is 13.2 Å². The first-order chi connectivity index (χ1) is 7.77. The maximum atomic E-state index is 12.4. The topological polar surface area (TPSA) is 46.2 Å². The third-order valence-corrected chi connectivity index (χ3v) is 2.83. The number of alkyl halides is 3. The van der Waals surface area contributed by atoms with Gasteiger partial charge in [-0.15, -0.1) is 12.4 Å². The molecule has 0 aromatic heterocycles. The maximum Gasteiger partial charge on any atom is 0.417 e. The lowest BCUT2D eigenvalue weighted by Gasteiger charge is -2.19. The van der Waals surface area contributed by atoms with Gasteiger partial charge in [-0.25, -0.2) is 0 Å². The van der Waals surface area contributed by atoms with Crippen molar-refractivity contribution in [2.24, 2.45) is 5.73 Å². The van der Waals surface area contributed by atoms with Crippen LogP contribution in [0.1, 0.15) is 30.5 Å². The molecule has 0 spiro atoms. The van der Waals surface area contributed by atoms with E-state index < -0.39 is 28.9 Å². The zero-order valence-corrected chi connectivity index (χ0v) is 11.1. The lowest BCUT2D eigenvalue weighted by molar-refractivity contribution is -0.137. The molecule has 0 bridgehead atoms. The van der Waals surface area contributed by atoms with Crippen LogP contribution in [0.15, 0.2) is 18.2 Å². The van der Waals surface area contributed by atoms with E-state index in [0.717, 1.165) is 12.1 Å². The molecular formula is C11H14Cl2F3NO. The summed E-state index contributed by atoms with van der Waals surface area (Å²) in [6, 6.07) is 2.52. The number of aliphatic hydroxyl groups excluding tert-OH is 1. The van der Waals surface area contributed by atoms with Gasteiger partial charge in [-0.2, -0.15) is 13.2 Å². The molecule has 0 unspecified atom stereocenters. The van der Waals surface area contributed by atoms with Crippen LogP contribution in [-0.2, 0) is 6.18 Å². The van der Waals surface area contributed by atoms with Gasteiger partial charge < -0.3 is 10.8 Å². The fraction of sp³-hybridized carbons (Fsp3) is 0.455. The fourth-order valence-electron chi connectivity index (χ4n) is 1.44. The molecule has 7 heteroatoms. The average Bonchev–Trinajstić information content (AvgIpc) is 2.25. The van der Waals surface area contributed by atoms with E-state index in [1.54, 1.807) is 6.92 Å². The van der Waals surface area contributed by atoms with Gasteiger partial charge in [-0.1, -0.05) is 24.6 Å². The molecular weight excluding hydrogens is 290 g/mol. The van der Waals surface area contributed by atoms with E-state index >= 15 is 0 Å². The molecule has 0 aliphatic heterocycles. The summed E-state index contributed by atoms with van der Waals surface area (Å²) < 4.78 is 37.3. The zero-order valence-electron chi connectivity index (χ0n) is 9.54. The minimum absolute atomic E-state index is 0. The van der Waals surface area contributed by atoms with Crippen LogP contribution in [0, 0.1) is 0 Å². The van der Waals surface area contributed by atoms with Gasteiger partial charge in [0.15, 0.2) is 0 Å². The van der Waals surface area contributed by atoms with Gasteiger partial charge >= 0.3 is 6.18 Å². The highest BCUT2D eigenvalue weighted by molar-refractivity contribution is 6.31. The first kappa shape index (κ1) is 17.5. The number of nitrogens with two attached hydrogens (primary N) is 1. The Balaban J connectivity index is 0.00000289. The summed E-state index contributed by atoms with van der Waals surface area (Å²) in [5, 5.41) is 9.10. The fourth-order valence-corrected chi connectivity index (χ4v) is 1.74. The lowest BCUT2D eigenvalue weighted by Crippen LogP contribution is -2.25. The van der Waals surface area contributed by atoms with E-state index in [1.807, 2.05) is 0 Å². The molecule has 0 aliphatic rings. The minimum atomic E-state index is -4.48. The molecule has 0 aliphatic carbocycles. The van der Waals surface area contributed by atoms with Crippen molar-refractivity contribution < 1.29 is 18.3 Å². The molecule has 1 aromatic carbocycles. The normalized spacial score (nSPS) is 14.8. The predicted molar refractivity (Wildman–Crippen MR) is 66.9 cm³/mol. The molecule has 104 valence electrons. The third kappa shape index (κ3) is 4.02. The smallest absolute Gasteiger partial charge is 0.391 e. The van der Waals surface area contributed by atoms with E-state index in [1.165, 1.54) is 6.07 Å². The van der Waals surface area contributed by atoms with Crippen molar-refractivity contribution in [2.45, 2.75) is 31.7 Å². The number of rotatable bonds is 3. The second kappa shape index (κ2) is 6.61. The van der Waals surface area contributed by atoms with Crippen LogP contribution < -0.4 is 5.73 Å². The molecule has 2 atom stereocenters. The molecule has 3 N–H and O–H groups in total. The minimum Gasteiger partial charge on any atom is -0.391 e. The molecule has 1 rings (SSSR count). The molecule has 18 heavy (non-hydrogen) atoms. The molecule has 0 radical (unpaired) electrons. The Bertz CT molecular complexity index is 398. The Hall–Kier alpha value is -0.490. The number of halogens is 5. The van der Waals surface area contributed by atoms with Crippen molar-refractivity contribution in [2.75, 3.05) is 0 Å². The van der Waals surface area contributed by atoms with E-state index in [0.29, 0.717) is 12.0 Å². The van der Waals surface area contributed by atoms with Gasteiger partial charge in [-0.05, 0) is 24.1 Å². The highest BCUT2D eigenvalue weighted by atomic mass is 35.5. The Morgan fingerprint density at radius 3 is 2.33 bits per heavy atom. The first-order valence-electron chi connectivity index (χ1n) is 5.07. The summed E-state index contributed by atoms with van der Waals surface area (Å²) in [4.78, 5) is 0. The summed E-state index contributed by atoms with van der Waals surface area (Å²) in [7, 11) is 0. The molecule has 0 fully saturated rings. The van der Waals surface area contributed by atoms with E-state index in [-0.39, 0.29) is 12.4 Å². The van der Waals surface area contributed by atoms with Crippen LogP contribution in [0.5, 0.6) is 0 Å². The molecule has 0 amide bonds. The largest absolute Gasteiger partial charge is 0.417 e. The van der Waals surface area contributed by atoms with Crippen molar-refractivity contribution in [1.82, 2.24) is 0 Å². The van der Waals surface area contributed by atoms with Crippen LogP contribution in [0.25, 0.3) is 0 Å². The third-order valence-electron chi connectivity index (χ3n) is 2.52. The standard InChI is InChI=1S/C11H13ClF3NO.ClH/c1-2-9(17)10(16)6-3-4-7(8(12)5-6)11(13,14)15;/h3-5,9-10,17H,2,16H2,1H3;1H/t9-,10+;/m1./s1. The second-order valence-electron chi connectivity index (χ2n) is 3.74. The Kier molecular flexibility index (Phi) is 6.43. The van der Waals surface area contributed by atoms with Gasteiger partial charge in [0.2, 0.25) is 0 Å². The second-order valence-corrected chi connectivity index (χ2v) is 4.15. The number of benzene rings is 1. The Labute approximate surface area is 114 Å². The van der Waals surface area contributed by atoms with Crippen molar-refractivity contribution in [3.63, 3.8) is 0 Å². The van der Waals surface area contributed by atoms with Crippen molar-refractivity contribution >= 4 is 24.0 Å². The maximum absolute atomic E-state index is 12.4. The van der Waals surface area contributed by atoms with Crippen molar-refractivity contribution in [3.05, 3.63) is 34.3 Å². The van der Waals surface area contributed by atoms with Crippen molar-refractivity contribution in [1.29, 1.82) is 0 Å². The van der Waals surface area contributed by atoms with Crippen LogP contribution in [0.2, 0.25) is 5.02 Å². The number of aliphatic hydroxyl groups is 1. The molecule has 0 heterocycles. The highest BCUT2D eigenvalue weighted by Gasteiger charge is 2.33. The number of hydrogen-bond donors (Lipinski definition) is 2. The molecule has 0 saturated heterocycles. The van der Waals surface area contributed by atoms with Gasteiger partial charge in [0.05, 0.1) is 22.7 Å². The molecule has 2 nitrogen and oxygen atoms in total. The van der Waals surface area contributed by atoms with Gasteiger partial charge in [0.25, 0.3) is 0 Å². The lowest BCUT2D eigenvalue weighted by atomic mass is 9.99. The first-order valence-corrected chi connectivity index (χ1v) is 5.45. The summed E-state index contributed by atoms with van der Waals surface area (Å²) >= 11 is 5.55. The van der Waals surface area contributed by atoms with Crippen LogP contribution in [0.3, 0.4) is 0 Å². The van der Waals surface area contributed by atoms with E-state index in [2.05, 4.69) is 0 Å². The summed E-state index contributed by atoms with van der Waals surface area (Å²) in [6.45, 7) is 1.73. The summed E-state index contributed by atoms with van der Waals surface area (Å²) in [6.07, 6.45) is -4.87. The van der Waals surface area contributed by atoms with Gasteiger partial charge in [0, 0.05) is 0 Å². The molecule has 0 saturated carbocycles. The number of hydrogen-bond acceptors (Lipinski definition) is 2. The van der Waals surface area contributed by atoms with Crippen LogP contribution >= 0.6 is 24.0 Å². The SMILES string of the molecule is CC[C@@H](O)[C@@H](N)c1ccc(C(F)(F)F)c(Cl)c1.Cl. The predicted octanol–water partition coefficient (Wildman–Crippen LogP) is 3.55. The average molecular weight is 304 g/mol. The zero-order chi connectivity index (χ0) is 13.2. The molecule has 1 aromatic rings. The van der Waals surface area contributed by atoms with Crippen LogP contribution in [-0.4, -0.2) is 11.2 Å². The van der Waals surface area contributed by atoms with Gasteiger partial charge in [-0.3, -0.25) is 0 Å². The van der Waals surface area contributed by atoms with Gasteiger partial charge in [0.1, 0.15) is 0 Å². The summed E-state index contributed by atoms with van der Waals surface area (Å²) in [5.74, 6) is 0. The quantitative estimate of drug-likeness (QED) is 0.897. The van der Waals surface area contributed by atoms with E-state index in [9.17, 15) is 18.3 Å². The van der Waals surface area contributed by atoms with Crippen molar-refractivity contribution in [3.8, 4) is 0 Å². The Morgan fingerprint density at radius 1 is 1.39 bits per heavy atom.